The summed E-state index contributed by atoms with van der Waals surface area (Å²) in [6.45, 7) is 6.33. The minimum absolute atomic E-state index is 0.152. The second-order valence-corrected chi connectivity index (χ2v) is 8.93. The molecule has 0 bridgehead atoms. The van der Waals surface area contributed by atoms with Gasteiger partial charge in [-0.1, -0.05) is 13.8 Å². The maximum absolute atomic E-state index is 13.1. The van der Waals surface area contributed by atoms with Gasteiger partial charge in [0.2, 0.25) is 23.6 Å². The van der Waals surface area contributed by atoms with E-state index in [1.54, 1.807) is 13.8 Å². The molecule has 14 nitrogen and oxygen atoms in total. The maximum atomic E-state index is 13.1. The minimum Gasteiger partial charge on any atom is -0.481 e. The van der Waals surface area contributed by atoms with Gasteiger partial charge >= 0.3 is 11.9 Å². The first-order chi connectivity index (χ1) is 16.7. The number of amides is 4. The number of nitrogens with two attached hydrogens (primary N) is 2. The number of carbonyl (C=O) groups is 6. The number of hydrogen-bond donors (Lipinski definition) is 8. The van der Waals surface area contributed by atoms with Gasteiger partial charge in [0.1, 0.15) is 24.2 Å². The molecule has 0 aromatic heterocycles. The molecule has 0 unspecified atom stereocenters. The molecule has 0 aliphatic rings. The molecule has 36 heavy (non-hydrogen) atoms. The van der Waals surface area contributed by atoms with E-state index in [9.17, 15) is 28.8 Å². The summed E-state index contributed by atoms with van der Waals surface area (Å²) in [5.74, 6) is -5.70. The smallest absolute Gasteiger partial charge is 0.325 e. The van der Waals surface area contributed by atoms with Crippen LogP contribution in [0.1, 0.15) is 59.8 Å². The fraction of sp³-hybridized carbons (Fsp3) is 0.727. The predicted octanol–water partition coefficient (Wildman–Crippen LogP) is -1.97. The summed E-state index contributed by atoms with van der Waals surface area (Å²) in [4.78, 5) is 72.7. The van der Waals surface area contributed by atoms with Crippen LogP contribution >= 0.6 is 0 Å². The molecule has 0 heterocycles. The van der Waals surface area contributed by atoms with Gasteiger partial charge in [0, 0.05) is 6.42 Å². The average molecular weight is 517 g/mol. The van der Waals surface area contributed by atoms with E-state index in [0.29, 0.717) is 19.4 Å². The normalized spacial score (nSPS) is 15.1. The highest BCUT2D eigenvalue weighted by Crippen LogP contribution is 2.08. The highest BCUT2D eigenvalue weighted by molar-refractivity contribution is 5.95. The van der Waals surface area contributed by atoms with Crippen LogP contribution in [-0.4, -0.2) is 82.5 Å². The standard InChI is InChI=1S/C22H40N6O8/c1-11(2)17(21(34)25-13(4)22(35)36)28-20(33)14(7-5-6-10-23)27-19(32)15(8-9-16(29)30)26-18(31)12(3)24/h11-15,17H,5-10,23-24H2,1-4H3,(H,25,34)(H,26,31)(H,27,32)(H,28,33)(H,29,30)(H,35,36)/t12-,13-,14-,15-,17-/m0/s1. The van der Waals surface area contributed by atoms with Gasteiger partial charge in [-0.15, -0.1) is 0 Å². The molecule has 206 valence electrons. The zero-order chi connectivity index (χ0) is 28.0. The first-order valence-electron chi connectivity index (χ1n) is 11.8. The third kappa shape index (κ3) is 12.4. The topological polar surface area (TPSA) is 243 Å². The van der Waals surface area contributed by atoms with Crippen LogP contribution in [0.5, 0.6) is 0 Å². The zero-order valence-electron chi connectivity index (χ0n) is 21.2. The summed E-state index contributed by atoms with van der Waals surface area (Å²) in [5.41, 5.74) is 11.0. The third-order valence-corrected chi connectivity index (χ3v) is 5.25. The average Bonchev–Trinajstić information content (AvgIpc) is 2.78. The van der Waals surface area contributed by atoms with Gasteiger partial charge in [-0.25, -0.2) is 0 Å². The fourth-order valence-corrected chi connectivity index (χ4v) is 3.03. The van der Waals surface area contributed by atoms with Gasteiger partial charge in [0.25, 0.3) is 0 Å². The lowest BCUT2D eigenvalue weighted by Crippen LogP contribution is -2.59. The summed E-state index contributed by atoms with van der Waals surface area (Å²) in [6.07, 6.45) is 0.502. The summed E-state index contributed by atoms with van der Waals surface area (Å²) in [6, 6.07) is -5.61. The van der Waals surface area contributed by atoms with E-state index in [1.807, 2.05) is 0 Å². The Kier molecular flexibility index (Phi) is 14.9. The van der Waals surface area contributed by atoms with Crippen LogP contribution in [0, 0.1) is 5.92 Å². The van der Waals surface area contributed by atoms with E-state index in [1.165, 1.54) is 13.8 Å². The number of hydrogen-bond acceptors (Lipinski definition) is 8. The number of nitrogens with one attached hydrogen (secondary N) is 4. The van der Waals surface area contributed by atoms with Gasteiger partial charge < -0.3 is 42.9 Å². The van der Waals surface area contributed by atoms with E-state index in [-0.39, 0.29) is 12.8 Å². The Hall–Kier alpha value is -3.26. The lowest BCUT2D eigenvalue weighted by Gasteiger charge is -2.27. The van der Waals surface area contributed by atoms with Gasteiger partial charge in [-0.2, -0.15) is 0 Å². The number of carboxylic acid groups (broad SMARTS) is 2. The molecule has 0 saturated heterocycles. The number of carbonyl (C=O) groups excluding carboxylic acids is 4. The van der Waals surface area contributed by atoms with Crippen LogP contribution in [0.2, 0.25) is 0 Å². The van der Waals surface area contributed by atoms with Gasteiger partial charge in [-0.05, 0) is 52.0 Å². The summed E-state index contributed by atoms with van der Waals surface area (Å²) in [5, 5.41) is 27.8. The van der Waals surface area contributed by atoms with Crippen molar-refractivity contribution in [2.45, 2.75) is 90.0 Å². The van der Waals surface area contributed by atoms with Crippen molar-refractivity contribution < 1.29 is 39.0 Å². The SMILES string of the molecule is CC(C)[C@H](NC(=O)[C@H](CCCCN)NC(=O)[C@H](CCC(=O)O)NC(=O)[C@H](C)N)C(=O)N[C@@H](C)C(=O)O. The second kappa shape index (κ2) is 16.4. The Bertz CT molecular complexity index is 789. The van der Waals surface area contributed by atoms with Gasteiger partial charge in [0.15, 0.2) is 0 Å². The van der Waals surface area contributed by atoms with Crippen molar-refractivity contribution in [1.82, 2.24) is 21.3 Å². The molecule has 0 aliphatic carbocycles. The van der Waals surface area contributed by atoms with Crippen molar-refractivity contribution in [3.63, 3.8) is 0 Å². The lowest BCUT2D eigenvalue weighted by atomic mass is 10.0. The molecule has 0 radical (unpaired) electrons. The molecule has 0 aromatic carbocycles. The van der Waals surface area contributed by atoms with Crippen molar-refractivity contribution in [2.24, 2.45) is 17.4 Å². The molecule has 0 aliphatic heterocycles. The van der Waals surface area contributed by atoms with Gasteiger partial charge in [0.05, 0.1) is 6.04 Å². The molecule has 0 rings (SSSR count). The van der Waals surface area contributed by atoms with Crippen LogP contribution in [0.15, 0.2) is 0 Å². The van der Waals surface area contributed by atoms with Crippen LogP contribution in [-0.2, 0) is 28.8 Å². The van der Waals surface area contributed by atoms with E-state index in [0.717, 1.165) is 0 Å². The Labute approximate surface area is 210 Å². The fourth-order valence-electron chi connectivity index (χ4n) is 3.03. The van der Waals surface area contributed by atoms with Gasteiger partial charge in [-0.3, -0.25) is 28.8 Å². The Morgan fingerprint density at radius 2 is 1.25 bits per heavy atom. The zero-order valence-corrected chi connectivity index (χ0v) is 21.2. The highest BCUT2D eigenvalue weighted by atomic mass is 16.4. The van der Waals surface area contributed by atoms with Crippen molar-refractivity contribution in [2.75, 3.05) is 6.54 Å². The molecule has 0 aromatic rings. The Morgan fingerprint density at radius 3 is 1.72 bits per heavy atom. The summed E-state index contributed by atoms with van der Waals surface area (Å²) in [7, 11) is 0. The lowest BCUT2D eigenvalue weighted by molar-refractivity contribution is -0.142. The van der Waals surface area contributed by atoms with Crippen LogP contribution < -0.4 is 32.7 Å². The molecular weight excluding hydrogens is 476 g/mol. The molecule has 0 fully saturated rings. The quantitative estimate of drug-likeness (QED) is 0.0990. The first-order valence-corrected chi connectivity index (χ1v) is 11.8. The van der Waals surface area contributed by atoms with Crippen LogP contribution in [0.3, 0.4) is 0 Å². The van der Waals surface area contributed by atoms with E-state index >= 15 is 0 Å². The largest absolute Gasteiger partial charge is 0.481 e. The molecule has 10 N–H and O–H groups in total. The predicted molar refractivity (Wildman–Crippen MR) is 129 cm³/mol. The highest BCUT2D eigenvalue weighted by Gasteiger charge is 2.32. The minimum atomic E-state index is -1.26. The summed E-state index contributed by atoms with van der Waals surface area (Å²) < 4.78 is 0. The van der Waals surface area contributed by atoms with Crippen molar-refractivity contribution in [1.29, 1.82) is 0 Å². The van der Waals surface area contributed by atoms with Crippen LogP contribution in [0.4, 0.5) is 0 Å². The Balaban J connectivity index is 5.67. The van der Waals surface area contributed by atoms with E-state index in [2.05, 4.69) is 21.3 Å². The van der Waals surface area contributed by atoms with E-state index in [4.69, 9.17) is 21.7 Å². The number of unbranched alkanes of at least 4 members (excludes halogenated alkanes) is 1. The summed E-state index contributed by atoms with van der Waals surface area (Å²) >= 11 is 0. The molecule has 14 heteroatoms. The third-order valence-electron chi connectivity index (χ3n) is 5.25. The van der Waals surface area contributed by atoms with Crippen molar-refractivity contribution in [3.8, 4) is 0 Å². The number of carboxylic acids is 2. The van der Waals surface area contributed by atoms with Crippen LogP contribution in [0.25, 0.3) is 0 Å². The number of rotatable bonds is 17. The molecule has 4 amide bonds. The molecular formula is C22H40N6O8. The Morgan fingerprint density at radius 1 is 0.722 bits per heavy atom. The number of aliphatic carboxylic acids is 2. The van der Waals surface area contributed by atoms with Crippen molar-refractivity contribution in [3.05, 3.63) is 0 Å². The second-order valence-electron chi connectivity index (χ2n) is 8.93. The van der Waals surface area contributed by atoms with E-state index < -0.39 is 78.1 Å². The maximum Gasteiger partial charge on any atom is 0.325 e. The first kappa shape index (κ1) is 32.7. The molecule has 0 saturated carbocycles. The molecule has 5 atom stereocenters. The molecule has 0 spiro atoms. The van der Waals surface area contributed by atoms with Crippen molar-refractivity contribution >= 4 is 35.6 Å². The monoisotopic (exact) mass is 516 g/mol.